The quantitative estimate of drug-likeness (QED) is 0.0777. The lowest BCUT2D eigenvalue weighted by Crippen LogP contribution is -2.51. The Labute approximate surface area is 460 Å². The largest absolute Gasteiger partial charge is 0.508 e. The number of anilines is 2. The third-order valence-corrected chi connectivity index (χ3v) is 17.8. The van der Waals surface area contributed by atoms with Gasteiger partial charge in [-0.1, -0.05) is 55.3 Å². The van der Waals surface area contributed by atoms with Crippen molar-refractivity contribution in [2.45, 2.75) is 89.6 Å². The number of ether oxygens (including phenoxy) is 1. The normalized spacial score (nSPS) is 22.9. The molecule has 8 atom stereocenters. The molecule has 3 aromatic carbocycles. The molecule has 5 aliphatic rings. The highest BCUT2D eigenvalue weighted by molar-refractivity contribution is 7.13. The summed E-state index contributed by atoms with van der Waals surface area (Å²) in [5.74, 6) is 1.65. The fourth-order valence-electron chi connectivity index (χ4n) is 12.8. The van der Waals surface area contributed by atoms with Crippen LogP contribution in [0.1, 0.15) is 81.0 Å². The highest BCUT2D eigenvalue weighted by Gasteiger charge is 2.45. The predicted octanol–water partition coefficient (Wildman–Crippen LogP) is 7.59. The van der Waals surface area contributed by atoms with Crippen LogP contribution in [0.4, 0.5) is 20.4 Å². The summed E-state index contributed by atoms with van der Waals surface area (Å²) in [6, 6.07) is 14.8. The topological polar surface area (TPSA) is 198 Å². The lowest BCUT2D eigenvalue weighted by Gasteiger charge is -2.34. The van der Waals surface area contributed by atoms with Crippen molar-refractivity contribution in [1.82, 2.24) is 45.5 Å². The molecular weight excluding hydrogens is 1030 g/mol. The molecule has 79 heavy (non-hydrogen) atoms. The number of hydrogen-bond donors (Lipinski definition) is 4. The van der Waals surface area contributed by atoms with E-state index in [0.717, 1.165) is 67.1 Å². The molecule has 0 spiro atoms. The van der Waals surface area contributed by atoms with Crippen molar-refractivity contribution >= 4 is 56.5 Å². The second-order valence-corrected chi connectivity index (χ2v) is 23.3. The summed E-state index contributed by atoms with van der Waals surface area (Å²) in [6.07, 6.45) is 9.60. The van der Waals surface area contributed by atoms with Crippen LogP contribution >= 0.6 is 11.3 Å². The number of fused-ring (bicyclic) bond motifs is 5. The van der Waals surface area contributed by atoms with Crippen LogP contribution in [-0.2, 0) is 9.59 Å². The van der Waals surface area contributed by atoms with Gasteiger partial charge in [-0.3, -0.25) is 19.5 Å². The summed E-state index contributed by atoms with van der Waals surface area (Å²) in [7, 11) is 0. The van der Waals surface area contributed by atoms with Crippen molar-refractivity contribution < 1.29 is 37.8 Å². The number of amides is 2. The van der Waals surface area contributed by atoms with Crippen LogP contribution < -0.4 is 25.2 Å². The van der Waals surface area contributed by atoms with Crippen LogP contribution in [0.15, 0.2) is 70.8 Å². The van der Waals surface area contributed by atoms with E-state index >= 15 is 8.78 Å². The molecule has 2 amide bonds. The fraction of sp³-hybridized carbons (Fsp3) is 0.441. The van der Waals surface area contributed by atoms with Crippen LogP contribution in [0.25, 0.3) is 43.4 Å². The molecule has 2 bridgehead atoms. The first-order valence-electron chi connectivity index (χ1n) is 27.3. The Hall–Kier alpha value is -7.31. The van der Waals surface area contributed by atoms with Gasteiger partial charge in [0, 0.05) is 87.5 Å². The lowest BCUT2D eigenvalue weighted by molar-refractivity contribution is -0.141. The number of nitrogens with one attached hydrogen (secondary N) is 2. The third-order valence-electron chi connectivity index (χ3n) is 16.9. The molecule has 12 rings (SSSR count). The first-order valence-corrected chi connectivity index (χ1v) is 28.2. The van der Waals surface area contributed by atoms with Gasteiger partial charge in [0.25, 0.3) is 0 Å². The number of hydrogen-bond acceptors (Lipinski definition) is 16. The van der Waals surface area contributed by atoms with Gasteiger partial charge in [0.05, 0.1) is 39.2 Å². The molecule has 410 valence electrons. The molecule has 17 nitrogen and oxygen atoms in total. The van der Waals surface area contributed by atoms with Crippen molar-refractivity contribution in [3.05, 3.63) is 101 Å². The summed E-state index contributed by atoms with van der Waals surface area (Å²) in [5, 5.41) is 33.9. The average molecular weight is 1090 g/mol. The number of pyridine rings is 1. The van der Waals surface area contributed by atoms with E-state index in [1.165, 1.54) is 35.4 Å². The van der Waals surface area contributed by atoms with Crippen LogP contribution in [0, 0.1) is 48.7 Å². The summed E-state index contributed by atoms with van der Waals surface area (Å²) in [6.45, 7) is 13.2. The van der Waals surface area contributed by atoms with Gasteiger partial charge in [-0.25, -0.2) is 13.8 Å². The van der Waals surface area contributed by atoms with E-state index in [2.05, 4.69) is 51.4 Å². The number of nitrogens with zero attached hydrogens (tertiary/aromatic N) is 9. The summed E-state index contributed by atoms with van der Waals surface area (Å²) < 4.78 is 44.6. The molecule has 7 aromatic rings. The second-order valence-electron chi connectivity index (χ2n) is 22.4. The number of terminal acetylenes is 1. The first kappa shape index (κ1) is 52.4. The number of rotatable bonds is 14. The molecule has 5 aliphatic heterocycles. The number of phenols is 1. The zero-order valence-electron chi connectivity index (χ0n) is 44.5. The number of aryl methyl sites for hydroxylation is 1. The number of piperazine rings is 1. The smallest absolute Gasteiger partial charge is 0.319 e. The summed E-state index contributed by atoms with van der Waals surface area (Å²) in [5.41, 5.74) is 4.70. The fourth-order valence-corrected chi connectivity index (χ4v) is 13.6. The first-order chi connectivity index (χ1) is 38.2. The highest BCUT2D eigenvalue weighted by Crippen LogP contribution is 2.41. The molecule has 4 aromatic heterocycles. The van der Waals surface area contributed by atoms with Gasteiger partial charge in [0.1, 0.15) is 47.2 Å². The minimum Gasteiger partial charge on any atom is -0.508 e. The molecule has 9 heterocycles. The minimum absolute atomic E-state index is 0.00815. The van der Waals surface area contributed by atoms with Crippen molar-refractivity contribution in [2.24, 2.45) is 17.8 Å². The van der Waals surface area contributed by atoms with Gasteiger partial charge in [0.2, 0.25) is 11.8 Å². The number of halogens is 2. The second kappa shape index (κ2) is 21.4. The molecule has 4 N–H and O–H groups in total. The number of likely N-dealkylation sites (tertiary alicyclic amines) is 2. The van der Waals surface area contributed by atoms with Gasteiger partial charge in [-0.05, 0) is 92.1 Å². The number of β-amino-alcohol motifs (C(OH)–C–C–N with tert-alkyl or cyclic N) is 1. The highest BCUT2D eigenvalue weighted by atomic mass is 32.1. The van der Waals surface area contributed by atoms with Gasteiger partial charge in [-0.2, -0.15) is 9.97 Å². The van der Waals surface area contributed by atoms with E-state index < -0.39 is 29.7 Å². The number of aliphatic hydroxyl groups is 1. The van der Waals surface area contributed by atoms with E-state index in [0.29, 0.717) is 59.6 Å². The monoisotopic (exact) mass is 1090 g/mol. The van der Waals surface area contributed by atoms with Crippen LogP contribution in [0.2, 0.25) is 0 Å². The lowest BCUT2D eigenvalue weighted by atomic mass is 9.89. The van der Waals surface area contributed by atoms with Crippen molar-refractivity contribution in [2.75, 3.05) is 68.8 Å². The minimum atomic E-state index is -0.849. The van der Waals surface area contributed by atoms with Gasteiger partial charge in [-0.15, -0.1) is 17.8 Å². The zero-order chi connectivity index (χ0) is 54.8. The van der Waals surface area contributed by atoms with E-state index in [-0.39, 0.29) is 94.9 Å². The van der Waals surface area contributed by atoms with Gasteiger partial charge in [0.15, 0.2) is 17.4 Å². The Morgan fingerprint density at radius 2 is 1.75 bits per heavy atom. The number of carbonyl (C=O) groups is 2. The number of aromatic hydroxyl groups is 1. The Kier molecular flexibility index (Phi) is 14.2. The van der Waals surface area contributed by atoms with E-state index in [9.17, 15) is 19.8 Å². The molecular formula is C59H63F2N11O6S. The van der Waals surface area contributed by atoms with E-state index in [1.54, 1.807) is 11.3 Å². The van der Waals surface area contributed by atoms with Crippen LogP contribution in [0.5, 0.6) is 11.8 Å². The molecule has 0 aliphatic carbocycles. The zero-order valence-corrected chi connectivity index (χ0v) is 45.3. The standard InChI is InChI=1S/C59H63F2N11O6S/c1-6-43-46(60)14-11-36-19-41(73)20-44(51(36)43)53-52(61)54-45(23-62-53)56(71-27-39-12-13-40(28-71)65-39)67-59(66-54)77-18-17-69-16-15-37-25-70(26-38(37)24-69)49-22-48(78-68-49)50(31(2)3)58(76)72-29-42(74)21-47(72)57(75)64-32(4)34-7-9-35(10-8-34)55-33(5)63-30-79-55/h1,7-11,14,19-20,22-23,30-32,37-40,42,47,50,65,73-74H,12-13,15-18,21,24-29H2,2-5H3,(H,64,75)/t32?,37-,38+,39?,40?,42+,47-,50?/m0/s1. The molecule has 0 radical (unpaired) electrons. The average Bonchev–Trinajstić information content (AvgIpc) is 4.36. The SMILES string of the molecule is C#Cc1c(F)ccc2cc(O)cc(-c3ncc4c(N5CC6CCC(C5)N6)nc(OCCN5CC[C@H]6CN(c7cc(C(C(=O)N8C[C@H](O)C[C@H]8C(=O)NC(C)c8ccc(-c9scnc9C)cc8)C(C)C)on7)C[C@H]6C5)nc4c3F)c12. The van der Waals surface area contributed by atoms with Crippen molar-refractivity contribution in [1.29, 1.82) is 0 Å². The van der Waals surface area contributed by atoms with E-state index in [4.69, 9.17) is 20.7 Å². The molecule has 20 heteroatoms. The van der Waals surface area contributed by atoms with Gasteiger partial charge < -0.3 is 44.8 Å². The predicted molar refractivity (Wildman–Crippen MR) is 297 cm³/mol. The maximum Gasteiger partial charge on any atom is 0.319 e. The number of thiazole rings is 1. The molecule has 5 saturated heterocycles. The maximum atomic E-state index is 17.2. The summed E-state index contributed by atoms with van der Waals surface area (Å²) in [4.78, 5) is 56.2. The van der Waals surface area contributed by atoms with Crippen molar-refractivity contribution in [3.8, 4) is 45.8 Å². The summed E-state index contributed by atoms with van der Waals surface area (Å²) >= 11 is 1.58. The molecule has 4 unspecified atom stereocenters. The Morgan fingerprint density at radius 3 is 2.49 bits per heavy atom. The Bertz CT molecular complexity index is 3500. The number of aromatic nitrogens is 5. The molecule has 5 fully saturated rings. The van der Waals surface area contributed by atoms with Gasteiger partial charge >= 0.3 is 6.01 Å². The third kappa shape index (κ3) is 10.1. The number of benzene rings is 3. The number of phenolic OH excluding ortho intramolecular Hbond substituents is 1. The number of aliphatic hydroxyl groups excluding tert-OH is 1. The number of piperidine rings is 1. The van der Waals surface area contributed by atoms with E-state index in [1.807, 2.05) is 63.5 Å². The van der Waals surface area contributed by atoms with Crippen molar-refractivity contribution in [3.63, 3.8) is 0 Å². The number of carbonyl (C=O) groups excluding carboxylic acids is 2. The molecule has 0 saturated carbocycles. The Morgan fingerprint density at radius 1 is 0.962 bits per heavy atom. The van der Waals surface area contributed by atoms with Crippen LogP contribution in [-0.4, -0.2) is 140 Å². The Balaban J connectivity index is 0.706. The van der Waals surface area contributed by atoms with Crippen LogP contribution in [0.3, 0.4) is 0 Å². The maximum absolute atomic E-state index is 17.2.